The molecule has 1 unspecified atom stereocenters. The van der Waals surface area contributed by atoms with Crippen molar-refractivity contribution in [2.75, 3.05) is 6.54 Å². The number of hydrogen-bond donors (Lipinski definition) is 1. The standard InChI is InChI=1S/C11H25N/c1-5-7-11(12-6-2)9-8-10(3)4/h10-12H,5-9H2,1-4H3. The molecule has 0 aliphatic rings. The minimum absolute atomic E-state index is 0.766. The smallest absolute Gasteiger partial charge is 0.00669 e. The molecule has 0 heterocycles. The van der Waals surface area contributed by atoms with Crippen LogP contribution in [0.2, 0.25) is 0 Å². The lowest BCUT2D eigenvalue weighted by Crippen LogP contribution is -2.28. The predicted octanol–water partition coefficient (Wildman–Crippen LogP) is 3.20. The summed E-state index contributed by atoms with van der Waals surface area (Å²) in [6.45, 7) is 10.2. The van der Waals surface area contributed by atoms with Gasteiger partial charge in [-0.15, -0.1) is 0 Å². The van der Waals surface area contributed by atoms with E-state index in [2.05, 4.69) is 33.0 Å². The van der Waals surface area contributed by atoms with Gasteiger partial charge in [-0.25, -0.2) is 0 Å². The Morgan fingerprint density at radius 2 is 1.67 bits per heavy atom. The number of hydrogen-bond acceptors (Lipinski definition) is 1. The van der Waals surface area contributed by atoms with E-state index in [4.69, 9.17) is 0 Å². The Hall–Kier alpha value is -0.0400. The van der Waals surface area contributed by atoms with Crippen molar-refractivity contribution in [2.24, 2.45) is 5.92 Å². The van der Waals surface area contributed by atoms with E-state index >= 15 is 0 Å². The molecule has 0 aromatic rings. The van der Waals surface area contributed by atoms with E-state index in [0.29, 0.717) is 0 Å². The molecular formula is C11H25N. The van der Waals surface area contributed by atoms with Crippen molar-refractivity contribution in [2.45, 2.75) is 59.4 Å². The first-order chi connectivity index (χ1) is 5.70. The van der Waals surface area contributed by atoms with Crippen LogP contribution >= 0.6 is 0 Å². The Morgan fingerprint density at radius 1 is 1.00 bits per heavy atom. The monoisotopic (exact) mass is 171 g/mol. The van der Waals surface area contributed by atoms with Gasteiger partial charge < -0.3 is 5.32 Å². The van der Waals surface area contributed by atoms with Crippen molar-refractivity contribution in [1.29, 1.82) is 0 Å². The summed E-state index contributed by atoms with van der Waals surface area (Å²) in [6, 6.07) is 0.766. The van der Waals surface area contributed by atoms with Gasteiger partial charge in [0, 0.05) is 6.04 Å². The summed E-state index contributed by atoms with van der Waals surface area (Å²) >= 11 is 0. The summed E-state index contributed by atoms with van der Waals surface area (Å²) in [4.78, 5) is 0. The van der Waals surface area contributed by atoms with Crippen molar-refractivity contribution in [1.82, 2.24) is 5.32 Å². The molecule has 0 spiro atoms. The highest BCUT2D eigenvalue weighted by Crippen LogP contribution is 2.10. The molecule has 0 saturated heterocycles. The van der Waals surface area contributed by atoms with Crippen molar-refractivity contribution >= 4 is 0 Å². The van der Waals surface area contributed by atoms with Gasteiger partial charge >= 0.3 is 0 Å². The van der Waals surface area contributed by atoms with E-state index in [0.717, 1.165) is 18.5 Å². The van der Waals surface area contributed by atoms with Gasteiger partial charge in [0.05, 0.1) is 0 Å². The van der Waals surface area contributed by atoms with Gasteiger partial charge in [-0.2, -0.15) is 0 Å². The molecule has 0 aliphatic heterocycles. The average molecular weight is 171 g/mol. The molecule has 0 bridgehead atoms. The van der Waals surface area contributed by atoms with Crippen LogP contribution in [0.25, 0.3) is 0 Å². The van der Waals surface area contributed by atoms with Gasteiger partial charge in [-0.1, -0.05) is 34.1 Å². The highest BCUT2D eigenvalue weighted by molar-refractivity contribution is 4.65. The van der Waals surface area contributed by atoms with Crippen LogP contribution in [0.3, 0.4) is 0 Å². The Labute approximate surface area is 77.9 Å². The molecule has 12 heavy (non-hydrogen) atoms. The summed E-state index contributed by atoms with van der Waals surface area (Å²) in [7, 11) is 0. The molecule has 0 aliphatic carbocycles. The first-order valence-electron chi connectivity index (χ1n) is 5.44. The first kappa shape index (κ1) is 12.0. The lowest BCUT2D eigenvalue weighted by atomic mass is 10.0. The molecule has 74 valence electrons. The van der Waals surface area contributed by atoms with Crippen LogP contribution in [-0.2, 0) is 0 Å². The zero-order valence-corrected chi connectivity index (χ0v) is 9.19. The Balaban J connectivity index is 3.48. The van der Waals surface area contributed by atoms with Crippen LogP contribution < -0.4 is 5.32 Å². The summed E-state index contributed by atoms with van der Waals surface area (Å²) < 4.78 is 0. The van der Waals surface area contributed by atoms with Gasteiger partial charge in [0.1, 0.15) is 0 Å². The third kappa shape index (κ3) is 6.66. The Bertz CT molecular complexity index is 83.0. The maximum atomic E-state index is 3.54. The molecule has 0 amide bonds. The zero-order chi connectivity index (χ0) is 9.40. The molecule has 0 rings (SSSR count). The predicted molar refractivity (Wildman–Crippen MR) is 56.4 cm³/mol. The summed E-state index contributed by atoms with van der Waals surface area (Å²) in [5, 5.41) is 3.54. The normalized spacial score (nSPS) is 13.8. The Kier molecular flexibility index (Phi) is 7.58. The third-order valence-electron chi connectivity index (χ3n) is 2.22. The lowest BCUT2D eigenvalue weighted by molar-refractivity contribution is 0.414. The van der Waals surface area contributed by atoms with Gasteiger partial charge in [0.25, 0.3) is 0 Å². The molecule has 0 aromatic carbocycles. The third-order valence-corrected chi connectivity index (χ3v) is 2.22. The lowest BCUT2D eigenvalue weighted by Gasteiger charge is -2.17. The first-order valence-corrected chi connectivity index (χ1v) is 5.44. The van der Waals surface area contributed by atoms with Gasteiger partial charge in [0.15, 0.2) is 0 Å². The molecule has 0 aromatic heterocycles. The number of rotatable bonds is 7. The molecule has 1 nitrogen and oxygen atoms in total. The van der Waals surface area contributed by atoms with Crippen LogP contribution in [-0.4, -0.2) is 12.6 Å². The Morgan fingerprint density at radius 3 is 2.08 bits per heavy atom. The van der Waals surface area contributed by atoms with Crippen LogP contribution in [0.4, 0.5) is 0 Å². The van der Waals surface area contributed by atoms with E-state index in [1.807, 2.05) is 0 Å². The highest BCUT2D eigenvalue weighted by Gasteiger charge is 2.06. The molecule has 1 N–H and O–H groups in total. The van der Waals surface area contributed by atoms with E-state index in [-0.39, 0.29) is 0 Å². The van der Waals surface area contributed by atoms with Crippen LogP contribution in [0.5, 0.6) is 0 Å². The SMILES string of the molecule is CCCC(CCC(C)C)NCC. The molecule has 1 atom stereocenters. The zero-order valence-electron chi connectivity index (χ0n) is 9.19. The van der Waals surface area contributed by atoms with Crippen molar-refractivity contribution in [3.63, 3.8) is 0 Å². The van der Waals surface area contributed by atoms with E-state index in [9.17, 15) is 0 Å². The average Bonchev–Trinajstić information content (AvgIpc) is 2.01. The molecule has 0 radical (unpaired) electrons. The van der Waals surface area contributed by atoms with Gasteiger partial charge in [-0.05, 0) is 31.7 Å². The summed E-state index contributed by atoms with van der Waals surface area (Å²) in [5.41, 5.74) is 0. The van der Waals surface area contributed by atoms with Crippen LogP contribution in [0.1, 0.15) is 53.4 Å². The van der Waals surface area contributed by atoms with E-state index in [1.165, 1.54) is 25.7 Å². The fourth-order valence-electron chi connectivity index (χ4n) is 1.52. The second kappa shape index (κ2) is 7.60. The quantitative estimate of drug-likeness (QED) is 0.620. The van der Waals surface area contributed by atoms with Crippen molar-refractivity contribution < 1.29 is 0 Å². The largest absolute Gasteiger partial charge is 0.314 e. The van der Waals surface area contributed by atoms with Crippen LogP contribution in [0.15, 0.2) is 0 Å². The summed E-state index contributed by atoms with van der Waals surface area (Å²) in [6.07, 6.45) is 5.34. The fourth-order valence-corrected chi connectivity index (χ4v) is 1.52. The molecular weight excluding hydrogens is 146 g/mol. The maximum absolute atomic E-state index is 3.54. The van der Waals surface area contributed by atoms with E-state index in [1.54, 1.807) is 0 Å². The minimum Gasteiger partial charge on any atom is -0.314 e. The second-order valence-corrected chi connectivity index (χ2v) is 4.01. The second-order valence-electron chi connectivity index (χ2n) is 4.01. The van der Waals surface area contributed by atoms with Crippen LogP contribution in [0, 0.1) is 5.92 Å². The number of nitrogens with one attached hydrogen (secondary N) is 1. The fraction of sp³-hybridized carbons (Fsp3) is 1.00. The molecule has 0 fully saturated rings. The van der Waals surface area contributed by atoms with Crippen molar-refractivity contribution in [3.05, 3.63) is 0 Å². The molecule has 1 heteroatoms. The minimum atomic E-state index is 0.766. The summed E-state index contributed by atoms with van der Waals surface area (Å²) in [5.74, 6) is 0.850. The van der Waals surface area contributed by atoms with Gasteiger partial charge in [-0.3, -0.25) is 0 Å². The topological polar surface area (TPSA) is 12.0 Å². The van der Waals surface area contributed by atoms with E-state index < -0.39 is 0 Å². The highest BCUT2D eigenvalue weighted by atomic mass is 14.9. The molecule has 0 saturated carbocycles. The van der Waals surface area contributed by atoms with Gasteiger partial charge in [0.2, 0.25) is 0 Å². The maximum Gasteiger partial charge on any atom is 0.00669 e. The van der Waals surface area contributed by atoms with Crippen molar-refractivity contribution in [3.8, 4) is 0 Å².